The van der Waals surface area contributed by atoms with Gasteiger partial charge in [0.1, 0.15) is 0 Å². The minimum atomic E-state index is 0. The Morgan fingerprint density at radius 1 is 1.33 bits per heavy atom. The third kappa shape index (κ3) is 7.67. The standard InChI is InChI=1S/C15H29N3O2.ClH/c1-4-10-18(13-8-9-16-11-13)15(20)7-5-6-14(19)17-12(2)3;/h12-13,16H,4-11H2,1-3H3,(H,17,19);1H. The first kappa shape index (κ1) is 20.2. The number of nitrogens with zero attached hydrogens (tertiary/aromatic N) is 1. The molecule has 0 bridgehead atoms. The first-order valence-corrected chi connectivity index (χ1v) is 7.84. The lowest BCUT2D eigenvalue weighted by Crippen LogP contribution is -2.42. The summed E-state index contributed by atoms with van der Waals surface area (Å²) in [4.78, 5) is 25.8. The number of nitrogens with one attached hydrogen (secondary N) is 2. The number of halogens is 1. The van der Waals surface area contributed by atoms with Gasteiger partial charge in [0.2, 0.25) is 11.8 Å². The van der Waals surface area contributed by atoms with Crippen LogP contribution in [0.25, 0.3) is 0 Å². The van der Waals surface area contributed by atoms with E-state index in [-0.39, 0.29) is 30.3 Å². The number of rotatable bonds is 8. The van der Waals surface area contributed by atoms with E-state index in [0.717, 1.165) is 32.5 Å². The van der Waals surface area contributed by atoms with Gasteiger partial charge in [-0.15, -0.1) is 12.4 Å². The smallest absolute Gasteiger partial charge is 0.222 e. The van der Waals surface area contributed by atoms with Gasteiger partial charge in [-0.25, -0.2) is 0 Å². The van der Waals surface area contributed by atoms with Crippen molar-refractivity contribution in [3.63, 3.8) is 0 Å². The maximum absolute atomic E-state index is 12.3. The maximum Gasteiger partial charge on any atom is 0.222 e. The minimum Gasteiger partial charge on any atom is -0.354 e. The molecule has 2 N–H and O–H groups in total. The average molecular weight is 320 g/mol. The molecule has 1 aliphatic rings. The predicted molar refractivity (Wildman–Crippen MR) is 87.7 cm³/mol. The molecular formula is C15H30ClN3O2. The fraction of sp³-hybridized carbons (Fsp3) is 0.867. The molecule has 21 heavy (non-hydrogen) atoms. The summed E-state index contributed by atoms with van der Waals surface area (Å²) in [7, 11) is 0. The molecule has 1 aliphatic heterocycles. The molecule has 2 amide bonds. The van der Waals surface area contributed by atoms with E-state index in [2.05, 4.69) is 17.6 Å². The molecule has 1 saturated heterocycles. The van der Waals surface area contributed by atoms with E-state index < -0.39 is 0 Å². The zero-order chi connectivity index (χ0) is 15.0. The van der Waals surface area contributed by atoms with Crippen LogP contribution in [0.3, 0.4) is 0 Å². The lowest BCUT2D eigenvalue weighted by Gasteiger charge is -2.28. The Balaban J connectivity index is 0.00000400. The molecule has 0 aliphatic carbocycles. The molecule has 0 spiro atoms. The molecule has 1 unspecified atom stereocenters. The van der Waals surface area contributed by atoms with Crippen LogP contribution in [0.2, 0.25) is 0 Å². The molecule has 5 nitrogen and oxygen atoms in total. The van der Waals surface area contributed by atoms with Crippen LogP contribution in [-0.2, 0) is 9.59 Å². The van der Waals surface area contributed by atoms with E-state index in [0.29, 0.717) is 25.3 Å². The van der Waals surface area contributed by atoms with Gasteiger partial charge in [0.15, 0.2) is 0 Å². The number of carbonyl (C=O) groups is 2. The second-order valence-electron chi connectivity index (χ2n) is 5.81. The van der Waals surface area contributed by atoms with Gasteiger partial charge < -0.3 is 15.5 Å². The normalized spacial score (nSPS) is 17.4. The summed E-state index contributed by atoms with van der Waals surface area (Å²) < 4.78 is 0. The Hall–Kier alpha value is -0.810. The van der Waals surface area contributed by atoms with Gasteiger partial charge in [-0.2, -0.15) is 0 Å². The van der Waals surface area contributed by atoms with Gasteiger partial charge in [-0.1, -0.05) is 6.92 Å². The summed E-state index contributed by atoms with van der Waals surface area (Å²) in [6, 6.07) is 0.506. The second-order valence-corrected chi connectivity index (χ2v) is 5.81. The van der Waals surface area contributed by atoms with E-state index >= 15 is 0 Å². The highest BCUT2D eigenvalue weighted by Gasteiger charge is 2.25. The quantitative estimate of drug-likeness (QED) is 0.716. The van der Waals surface area contributed by atoms with Crippen LogP contribution < -0.4 is 10.6 Å². The van der Waals surface area contributed by atoms with E-state index in [1.165, 1.54) is 0 Å². The summed E-state index contributed by atoms with van der Waals surface area (Å²) in [5.41, 5.74) is 0. The zero-order valence-electron chi connectivity index (χ0n) is 13.5. The van der Waals surface area contributed by atoms with Gasteiger partial charge in [0, 0.05) is 38.0 Å². The summed E-state index contributed by atoms with van der Waals surface area (Å²) >= 11 is 0. The lowest BCUT2D eigenvalue weighted by molar-refractivity contribution is -0.133. The van der Waals surface area contributed by atoms with Crippen LogP contribution >= 0.6 is 12.4 Å². The predicted octanol–water partition coefficient (Wildman–Crippen LogP) is 1.70. The van der Waals surface area contributed by atoms with Crippen molar-refractivity contribution < 1.29 is 9.59 Å². The molecule has 124 valence electrons. The van der Waals surface area contributed by atoms with Crippen molar-refractivity contribution in [2.45, 2.75) is 65.0 Å². The first-order valence-electron chi connectivity index (χ1n) is 7.84. The Kier molecular flexibility index (Phi) is 10.4. The topological polar surface area (TPSA) is 61.4 Å². The molecule has 0 saturated carbocycles. The molecule has 1 fully saturated rings. The Labute approximate surface area is 134 Å². The van der Waals surface area contributed by atoms with Crippen LogP contribution in [-0.4, -0.2) is 48.4 Å². The third-order valence-corrected chi connectivity index (χ3v) is 3.50. The van der Waals surface area contributed by atoms with Crippen LogP contribution in [0.15, 0.2) is 0 Å². The van der Waals surface area contributed by atoms with Crippen molar-refractivity contribution in [3.05, 3.63) is 0 Å². The van der Waals surface area contributed by atoms with E-state index in [1.807, 2.05) is 18.7 Å². The van der Waals surface area contributed by atoms with E-state index in [4.69, 9.17) is 0 Å². The summed E-state index contributed by atoms with van der Waals surface area (Å²) in [6.07, 6.45) is 3.57. The Morgan fingerprint density at radius 2 is 2.05 bits per heavy atom. The average Bonchev–Trinajstić information content (AvgIpc) is 2.88. The van der Waals surface area contributed by atoms with Crippen molar-refractivity contribution in [1.29, 1.82) is 0 Å². The van der Waals surface area contributed by atoms with E-state index in [9.17, 15) is 9.59 Å². The van der Waals surface area contributed by atoms with Crippen molar-refractivity contribution in [3.8, 4) is 0 Å². The van der Waals surface area contributed by atoms with Crippen LogP contribution in [0.1, 0.15) is 52.9 Å². The van der Waals surface area contributed by atoms with Gasteiger partial charge in [0.25, 0.3) is 0 Å². The van der Waals surface area contributed by atoms with Gasteiger partial charge in [-0.3, -0.25) is 9.59 Å². The Bertz CT molecular complexity index is 318. The third-order valence-electron chi connectivity index (χ3n) is 3.50. The highest BCUT2D eigenvalue weighted by molar-refractivity contribution is 5.85. The second kappa shape index (κ2) is 10.9. The SMILES string of the molecule is CCCN(C(=O)CCCC(=O)NC(C)C)C1CCNC1.Cl. The molecule has 1 rings (SSSR count). The number of carbonyl (C=O) groups excluding carboxylic acids is 2. The van der Waals surface area contributed by atoms with Crippen molar-refractivity contribution in [2.24, 2.45) is 0 Å². The highest BCUT2D eigenvalue weighted by atomic mass is 35.5. The van der Waals surface area contributed by atoms with Crippen molar-refractivity contribution >= 4 is 24.2 Å². The number of hydrogen-bond donors (Lipinski definition) is 2. The molecule has 6 heteroatoms. The largest absolute Gasteiger partial charge is 0.354 e. The highest BCUT2D eigenvalue weighted by Crippen LogP contribution is 2.12. The minimum absolute atomic E-state index is 0. The van der Waals surface area contributed by atoms with E-state index in [1.54, 1.807) is 0 Å². The summed E-state index contributed by atoms with van der Waals surface area (Å²) in [5, 5.41) is 6.16. The van der Waals surface area contributed by atoms with Gasteiger partial charge in [0.05, 0.1) is 0 Å². The summed E-state index contributed by atoms with van der Waals surface area (Å²) in [5.74, 6) is 0.232. The van der Waals surface area contributed by atoms with Crippen molar-refractivity contribution in [2.75, 3.05) is 19.6 Å². The molecular weight excluding hydrogens is 290 g/mol. The molecule has 0 radical (unpaired) electrons. The van der Waals surface area contributed by atoms with Gasteiger partial charge >= 0.3 is 0 Å². The monoisotopic (exact) mass is 319 g/mol. The van der Waals surface area contributed by atoms with Gasteiger partial charge in [-0.05, 0) is 39.7 Å². The fourth-order valence-corrected chi connectivity index (χ4v) is 2.60. The molecule has 1 atom stereocenters. The number of amides is 2. The lowest BCUT2D eigenvalue weighted by atomic mass is 10.1. The molecule has 0 aromatic rings. The first-order chi connectivity index (χ1) is 9.54. The van der Waals surface area contributed by atoms with Crippen molar-refractivity contribution in [1.82, 2.24) is 15.5 Å². The molecule has 0 aromatic heterocycles. The fourth-order valence-electron chi connectivity index (χ4n) is 2.60. The number of hydrogen-bond acceptors (Lipinski definition) is 3. The molecule has 0 aromatic carbocycles. The van der Waals surface area contributed by atoms with Crippen LogP contribution in [0, 0.1) is 0 Å². The van der Waals surface area contributed by atoms with Crippen LogP contribution in [0.5, 0.6) is 0 Å². The van der Waals surface area contributed by atoms with Crippen LogP contribution in [0.4, 0.5) is 0 Å². The zero-order valence-corrected chi connectivity index (χ0v) is 14.3. The maximum atomic E-state index is 12.3. The molecule has 1 heterocycles. The Morgan fingerprint density at radius 3 is 2.57 bits per heavy atom. The summed E-state index contributed by atoms with van der Waals surface area (Å²) in [6.45, 7) is 8.70.